The van der Waals surface area contributed by atoms with Crippen molar-refractivity contribution >= 4 is 34.1 Å². The molecule has 1 amide bonds. The Morgan fingerprint density at radius 1 is 1.19 bits per heavy atom. The summed E-state index contributed by atoms with van der Waals surface area (Å²) in [5.41, 5.74) is 3.55. The zero-order chi connectivity index (χ0) is 25.1. The number of rotatable bonds is 4. The summed E-state index contributed by atoms with van der Waals surface area (Å²) in [5.74, 6) is -0.0929. The summed E-state index contributed by atoms with van der Waals surface area (Å²) in [7, 11) is 0. The molecule has 0 unspecified atom stereocenters. The van der Waals surface area contributed by atoms with Gasteiger partial charge in [-0.1, -0.05) is 11.6 Å². The normalized spacial score (nSPS) is 19.5. The molecule has 0 bridgehead atoms. The molecule has 1 aromatic carbocycles. The zero-order valence-electron chi connectivity index (χ0n) is 19.1. The van der Waals surface area contributed by atoms with E-state index >= 15 is 4.39 Å². The Bertz CT molecular complexity index is 1690. The first-order chi connectivity index (χ1) is 18.1. The molecule has 7 rings (SSSR count). The highest BCUT2D eigenvalue weighted by molar-refractivity contribution is 6.31. The molecular weight excluding hydrogens is 499 g/mol. The molecule has 184 valence electrons. The van der Waals surface area contributed by atoms with Crippen molar-refractivity contribution in [1.82, 2.24) is 50.3 Å². The van der Waals surface area contributed by atoms with Crippen molar-refractivity contribution in [2.45, 2.75) is 31.3 Å². The second-order valence-corrected chi connectivity index (χ2v) is 9.45. The van der Waals surface area contributed by atoms with Crippen molar-refractivity contribution in [1.29, 1.82) is 0 Å². The second kappa shape index (κ2) is 8.30. The molecule has 2 aliphatic heterocycles. The lowest BCUT2D eigenvalue weighted by Crippen LogP contribution is -2.39. The minimum atomic E-state index is -0.602. The maximum atomic E-state index is 15.3. The van der Waals surface area contributed by atoms with Crippen molar-refractivity contribution in [2.75, 3.05) is 0 Å². The molecule has 2 aliphatic rings. The molecule has 2 atom stereocenters. The van der Waals surface area contributed by atoms with E-state index in [1.54, 1.807) is 18.5 Å². The van der Waals surface area contributed by atoms with Crippen molar-refractivity contribution in [2.24, 2.45) is 0 Å². The van der Waals surface area contributed by atoms with Crippen molar-refractivity contribution < 1.29 is 9.18 Å². The van der Waals surface area contributed by atoms with E-state index < -0.39 is 5.82 Å². The number of hydrogen-bond acceptors (Lipinski definition) is 7. The fourth-order valence-electron chi connectivity index (χ4n) is 5.42. The van der Waals surface area contributed by atoms with Gasteiger partial charge in [-0.2, -0.15) is 9.78 Å². The van der Waals surface area contributed by atoms with Crippen LogP contribution in [0.15, 0.2) is 49.2 Å². The summed E-state index contributed by atoms with van der Waals surface area (Å²) in [6.07, 6.45) is 10.1. The Morgan fingerprint density at radius 2 is 2.11 bits per heavy atom. The molecule has 0 spiro atoms. The fourth-order valence-corrected chi connectivity index (χ4v) is 5.58. The van der Waals surface area contributed by atoms with Crippen LogP contribution in [0.2, 0.25) is 5.02 Å². The van der Waals surface area contributed by atoms with Crippen LogP contribution in [-0.2, 0) is 4.79 Å². The number of aromatic amines is 2. The van der Waals surface area contributed by atoms with Gasteiger partial charge >= 0.3 is 0 Å². The van der Waals surface area contributed by atoms with Gasteiger partial charge in [-0.25, -0.2) is 14.4 Å². The summed E-state index contributed by atoms with van der Waals surface area (Å²) in [6.45, 7) is 0. The quantitative estimate of drug-likeness (QED) is 0.372. The standard InChI is InChI=1S/C24H18ClFN10O/c25-16-2-4-18(35-11-30-33-34-35)21(22(16)26)12-7-13-1-3-19(36(13)20(37)8-12)24-28-10-17(31-24)14-5-6-27-23-15(14)9-29-32-23/h2,4-6,8-11,13,19H,1,3,7H2,(H,28,31)(H,27,29,32)/t13-,19+/m1/s1. The Labute approximate surface area is 213 Å². The third kappa shape index (κ3) is 3.44. The molecule has 0 saturated carbocycles. The van der Waals surface area contributed by atoms with Gasteiger partial charge in [-0.15, -0.1) is 5.10 Å². The molecule has 2 N–H and O–H groups in total. The molecule has 5 aromatic rings. The minimum absolute atomic E-state index is 0.0298. The molecule has 1 fully saturated rings. The molecule has 11 nitrogen and oxygen atoms in total. The van der Waals surface area contributed by atoms with Crippen molar-refractivity contribution in [3.63, 3.8) is 0 Å². The molecule has 0 radical (unpaired) electrons. The Kier molecular flexibility index (Phi) is 4.89. The number of amides is 1. The van der Waals surface area contributed by atoms with Crippen LogP contribution in [0, 0.1) is 5.82 Å². The SMILES string of the molecule is O=C1C=C(c2c(-n3cnnn3)ccc(Cl)c2F)C[C@H]2CC[C@@H](c3nc(-c4ccnc5[nH]ncc45)c[nH]3)N12. The number of H-pyrrole nitrogens is 2. The van der Waals surface area contributed by atoms with Gasteiger partial charge in [0.25, 0.3) is 0 Å². The van der Waals surface area contributed by atoms with E-state index in [0.717, 1.165) is 29.5 Å². The van der Waals surface area contributed by atoms with Crippen LogP contribution in [0.3, 0.4) is 0 Å². The van der Waals surface area contributed by atoms with Gasteiger partial charge in [-0.3, -0.25) is 9.89 Å². The van der Waals surface area contributed by atoms with E-state index in [-0.39, 0.29) is 28.6 Å². The van der Waals surface area contributed by atoms with Crippen LogP contribution in [0.25, 0.3) is 33.6 Å². The first kappa shape index (κ1) is 21.8. The first-order valence-electron chi connectivity index (χ1n) is 11.7. The smallest absolute Gasteiger partial charge is 0.247 e. The predicted molar refractivity (Wildman–Crippen MR) is 131 cm³/mol. The number of halogens is 2. The summed E-state index contributed by atoms with van der Waals surface area (Å²) >= 11 is 6.12. The lowest BCUT2D eigenvalue weighted by molar-refractivity contribution is -0.129. The Morgan fingerprint density at radius 3 is 2.97 bits per heavy atom. The number of hydrogen-bond donors (Lipinski definition) is 2. The van der Waals surface area contributed by atoms with Gasteiger partial charge in [0, 0.05) is 41.0 Å². The monoisotopic (exact) mass is 516 g/mol. The summed E-state index contributed by atoms with van der Waals surface area (Å²) < 4.78 is 16.7. The lowest BCUT2D eigenvalue weighted by atomic mass is 9.92. The Hall–Kier alpha value is -4.45. The zero-order valence-corrected chi connectivity index (χ0v) is 19.9. The van der Waals surface area contributed by atoms with Gasteiger partial charge in [0.15, 0.2) is 11.5 Å². The number of fused-ring (bicyclic) bond motifs is 2. The van der Waals surface area contributed by atoms with E-state index in [0.29, 0.717) is 29.2 Å². The minimum Gasteiger partial charge on any atom is -0.346 e. The molecule has 1 saturated heterocycles. The summed E-state index contributed by atoms with van der Waals surface area (Å²) in [4.78, 5) is 27.6. The van der Waals surface area contributed by atoms with E-state index in [1.807, 2.05) is 17.2 Å². The molecule has 13 heteroatoms. The predicted octanol–water partition coefficient (Wildman–Crippen LogP) is 3.64. The third-order valence-electron chi connectivity index (χ3n) is 7.04. The summed E-state index contributed by atoms with van der Waals surface area (Å²) in [6, 6.07) is 4.67. The number of carbonyl (C=O) groups is 1. The van der Waals surface area contributed by atoms with Gasteiger partial charge in [0.1, 0.15) is 12.2 Å². The highest BCUT2D eigenvalue weighted by atomic mass is 35.5. The number of nitrogens with zero attached hydrogens (tertiary/aromatic N) is 8. The molecule has 0 aliphatic carbocycles. The number of imidazole rings is 1. The van der Waals surface area contributed by atoms with Crippen LogP contribution in [0.5, 0.6) is 0 Å². The second-order valence-electron chi connectivity index (χ2n) is 9.04. The molecule has 37 heavy (non-hydrogen) atoms. The van der Waals surface area contributed by atoms with Crippen LogP contribution in [-0.4, -0.2) is 62.2 Å². The largest absolute Gasteiger partial charge is 0.346 e. The van der Waals surface area contributed by atoms with Gasteiger partial charge in [0.05, 0.1) is 28.6 Å². The van der Waals surface area contributed by atoms with Crippen LogP contribution in [0.1, 0.15) is 36.7 Å². The molecular formula is C24H18ClFN10O. The average Bonchev–Trinajstić information content (AvgIpc) is 3.71. The number of pyridine rings is 1. The van der Waals surface area contributed by atoms with E-state index in [1.165, 1.54) is 23.2 Å². The van der Waals surface area contributed by atoms with Gasteiger partial charge < -0.3 is 9.88 Å². The van der Waals surface area contributed by atoms with Crippen LogP contribution >= 0.6 is 11.6 Å². The number of aromatic nitrogens is 9. The highest BCUT2D eigenvalue weighted by Crippen LogP contribution is 2.44. The van der Waals surface area contributed by atoms with Gasteiger partial charge in [-0.05, 0) is 53.5 Å². The summed E-state index contributed by atoms with van der Waals surface area (Å²) in [5, 5.41) is 19.0. The van der Waals surface area contributed by atoms with Gasteiger partial charge in [0.2, 0.25) is 5.91 Å². The fraction of sp³-hybridized carbons (Fsp3) is 0.208. The van der Waals surface area contributed by atoms with E-state index in [9.17, 15) is 4.79 Å². The van der Waals surface area contributed by atoms with Crippen molar-refractivity contribution in [3.05, 3.63) is 71.4 Å². The molecule has 6 heterocycles. The average molecular weight is 517 g/mol. The number of nitrogens with one attached hydrogen (secondary N) is 2. The van der Waals surface area contributed by atoms with Crippen LogP contribution in [0.4, 0.5) is 4.39 Å². The van der Waals surface area contributed by atoms with E-state index in [4.69, 9.17) is 16.6 Å². The van der Waals surface area contributed by atoms with E-state index in [2.05, 4.69) is 35.7 Å². The lowest BCUT2D eigenvalue weighted by Gasteiger charge is -2.33. The molecule has 4 aromatic heterocycles. The third-order valence-corrected chi connectivity index (χ3v) is 7.34. The van der Waals surface area contributed by atoms with Crippen LogP contribution < -0.4 is 0 Å². The number of tetrazole rings is 1. The van der Waals surface area contributed by atoms with Crippen molar-refractivity contribution in [3.8, 4) is 16.9 Å². The number of carbonyl (C=O) groups excluding carboxylic acids is 1. The first-order valence-corrected chi connectivity index (χ1v) is 12.0. The number of benzene rings is 1. The highest BCUT2D eigenvalue weighted by Gasteiger charge is 2.42. The topological polar surface area (TPSA) is 134 Å². The Balaban J connectivity index is 1.23. The maximum absolute atomic E-state index is 15.3. The maximum Gasteiger partial charge on any atom is 0.247 e.